The fourth-order valence-corrected chi connectivity index (χ4v) is 4.39. The van der Waals surface area contributed by atoms with Gasteiger partial charge in [-0.2, -0.15) is 5.26 Å². The van der Waals surface area contributed by atoms with Crippen molar-refractivity contribution in [2.45, 2.75) is 25.8 Å². The lowest BCUT2D eigenvalue weighted by atomic mass is 10.0. The Bertz CT molecular complexity index is 976. The predicted octanol–water partition coefficient (Wildman–Crippen LogP) is 2.63. The van der Waals surface area contributed by atoms with Crippen molar-refractivity contribution >= 4 is 34.1 Å². The van der Waals surface area contributed by atoms with E-state index in [0.717, 1.165) is 10.4 Å². The third kappa shape index (κ3) is 4.63. The Balaban J connectivity index is 1.71. The van der Waals surface area contributed by atoms with Crippen molar-refractivity contribution < 1.29 is 14.4 Å². The van der Waals surface area contributed by atoms with Crippen LogP contribution < -0.4 is 5.32 Å². The van der Waals surface area contributed by atoms with Crippen molar-refractivity contribution in [2.75, 3.05) is 26.0 Å². The second-order valence-electron chi connectivity index (χ2n) is 6.99. The van der Waals surface area contributed by atoms with E-state index in [1.807, 2.05) is 6.07 Å². The molecule has 0 spiro atoms. The molecule has 0 aliphatic carbocycles. The number of thiophene rings is 1. The maximum Gasteiger partial charge on any atom is 0.256 e. The predicted molar refractivity (Wildman–Crippen MR) is 110 cm³/mol. The first-order valence-electron chi connectivity index (χ1n) is 9.29. The summed E-state index contributed by atoms with van der Waals surface area (Å²) in [6.45, 7) is 0.893. The van der Waals surface area contributed by atoms with Crippen LogP contribution in [-0.2, 0) is 22.6 Å². The molecule has 0 bridgehead atoms. The van der Waals surface area contributed by atoms with Crippen molar-refractivity contribution in [3.63, 3.8) is 0 Å². The lowest BCUT2D eigenvalue weighted by molar-refractivity contribution is -0.136. The van der Waals surface area contributed by atoms with Crippen LogP contribution in [-0.4, -0.2) is 48.2 Å². The number of fused-ring (bicyclic) bond motifs is 1. The maximum absolute atomic E-state index is 12.5. The van der Waals surface area contributed by atoms with E-state index in [2.05, 4.69) is 11.4 Å². The van der Waals surface area contributed by atoms with Crippen molar-refractivity contribution in [1.82, 2.24) is 9.80 Å². The standard InChI is InChI=1S/C21H22N4O3S/c1-24(2)18(26)8-9-19(27)25-11-10-15-16(12-22)21(29-17(15)13-25)23-20(28)14-6-4-3-5-7-14/h3-7H,8-11,13H2,1-2H3,(H,23,28). The number of nitrogens with zero attached hydrogens (tertiary/aromatic N) is 3. The number of nitrogens with one attached hydrogen (secondary N) is 1. The Morgan fingerprint density at radius 1 is 1.21 bits per heavy atom. The van der Waals surface area contributed by atoms with Crippen molar-refractivity contribution in [1.29, 1.82) is 5.26 Å². The third-order valence-electron chi connectivity index (χ3n) is 4.84. The minimum Gasteiger partial charge on any atom is -0.349 e. The molecule has 29 heavy (non-hydrogen) atoms. The van der Waals surface area contributed by atoms with Gasteiger partial charge in [-0.05, 0) is 24.1 Å². The molecular weight excluding hydrogens is 388 g/mol. The summed E-state index contributed by atoms with van der Waals surface area (Å²) in [6, 6.07) is 11.0. The zero-order valence-electron chi connectivity index (χ0n) is 16.4. The minimum atomic E-state index is -0.268. The largest absolute Gasteiger partial charge is 0.349 e. The molecule has 1 aromatic carbocycles. The number of anilines is 1. The van der Waals surface area contributed by atoms with Gasteiger partial charge in [0.15, 0.2) is 0 Å². The van der Waals surface area contributed by atoms with E-state index in [9.17, 15) is 19.6 Å². The molecule has 2 heterocycles. The summed E-state index contributed by atoms with van der Waals surface area (Å²) in [5, 5.41) is 13.0. The van der Waals surface area contributed by atoms with Gasteiger partial charge >= 0.3 is 0 Å². The number of benzene rings is 1. The average Bonchev–Trinajstić information content (AvgIpc) is 3.08. The average molecular weight is 410 g/mol. The van der Waals surface area contributed by atoms with Gasteiger partial charge in [-0.1, -0.05) is 18.2 Å². The monoisotopic (exact) mass is 410 g/mol. The summed E-state index contributed by atoms with van der Waals surface area (Å²) in [4.78, 5) is 40.8. The first-order valence-corrected chi connectivity index (χ1v) is 10.1. The zero-order valence-corrected chi connectivity index (χ0v) is 17.2. The summed E-state index contributed by atoms with van der Waals surface area (Å²) in [7, 11) is 3.33. The molecule has 0 saturated heterocycles. The molecular formula is C21H22N4O3S. The van der Waals surface area contributed by atoms with Gasteiger partial charge in [0, 0.05) is 43.9 Å². The summed E-state index contributed by atoms with van der Waals surface area (Å²) < 4.78 is 0. The van der Waals surface area contributed by atoms with Crippen LogP contribution in [0.25, 0.3) is 0 Å². The van der Waals surface area contributed by atoms with E-state index in [1.165, 1.54) is 16.2 Å². The molecule has 0 unspecified atom stereocenters. The Morgan fingerprint density at radius 3 is 2.59 bits per heavy atom. The van der Waals surface area contributed by atoms with Gasteiger partial charge in [0.1, 0.15) is 11.1 Å². The smallest absolute Gasteiger partial charge is 0.256 e. The van der Waals surface area contributed by atoms with Gasteiger partial charge in [-0.15, -0.1) is 11.3 Å². The highest BCUT2D eigenvalue weighted by Crippen LogP contribution is 2.37. The summed E-state index contributed by atoms with van der Waals surface area (Å²) in [6.07, 6.45) is 0.908. The molecule has 2 aromatic rings. The summed E-state index contributed by atoms with van der Waals surface area (Å²) in [5.74, 6) is -0.423. The summed E-state index contributed by atoms with van der Waals surface area (Å²) >= 11 is 1.34. The topological polar surface area (TPSA) is 93.5 Å². The van der Waals surface area contributed by atoms with Crippen LogP contribution in [0, 0.1) is 11.3 Å². The molecule has 0 fully saturated rings. The van der Waals surface area contributed by atoms with Crippen LogP contribution in [0.1, 0.15) is 39.2 Å². The number of rotatable bonds is 5. The maximum atomic E-state index is 12.5. The molecule has 8 heteroatoms. The van der Waals surface area contributed by atoms with Crippen LogP contribution in [0.4, 0.5) is 5.00 Å². The van der Waals surface area contributed by atoms with Gasteiger partial charge < -0.3 is 15.1 Å². The van der Waals surface area contributed by atoms with E-state index in [4.69, 9.17) is 0 Å². The Kier molecular flexibility index (Phi) is 6.29. The van der Waals surface area contributed by atoms with Crippen molar-refractivity contribution in [3.8, 4) is 6.07 Å². The van der Waals surface area contributed by atoms with Gasteiger partial charge in [0.05, 0.1) is 12.1 Å². The normalized spacial score (nSPS) is 12.7. The number of hydrogen-bond acceptors (Lipinski definition) is 5. The molecule has 1 aliphatic rings. The van der Waals surface area contributed by atoms with E-state index >= 15 is 0 Å². The van der Waals surface area contributed by atoms with E-state index in [-0.39, 0.29) is 30.6 Å². The molecule has 0 atom stereocenters. The summed E-state index contributed by atoms with van der Waals surface area (Å²) in [5.41, 5.74) is 1.89. The number of hydrogen-bond donors (Lipinski definition) is 1. The van der Waals surface area contributed by atoms with Crippen LogP contribution in [0.3, 0.4) is 0 Å². The highest BCUT2D eigenvalue weighted by Gasteiger charge is 2.27. The Morgan fingerprint density at radius 2 is 1.93 bits per heavy atom. The highest BCUT2D eigenvalue weighted by atomic mass is 32.1. The minimum absolute atomic E-state index is 0.0763. The lowest BCUT2D eigenvalue weighted by Gasteiger charge is -2.27. The molecule has 1 aliphatic heterocycles. The molecule has 0 radical (unpaired) electrons. The highest BCUT2D eigenvalue weighted by molar-refractivity contribution is 7.16. The van der Waals surface area contributed by atoms with Crippen LogP contribution in [0.2, 0.25) is 0 Å². The number of amides is 3. The fraction of sp³-hybridized carbons (Fsp3) is 0.333. The molecule has 3 amide bonds. The van der Waals surface area contributed by atoms with Crippen molar-refractivity contribution in [3.05, 3.63) is 51.9 Å². The van der Waals surface area contributed by atoms with E-state index in [1.54, 1.807) is 43.3 Å². The number of carbonyl (C=O) groups is 3. The van der Waals surface area contributed by atoms with Gasteiger partial charge in [-0.3, -0.25) is 14.4 Å². The van der Waals surface area contributed by atoms with Gasteiger partial charge in [-0.25, -0.2) is 0 Å². The third-order valence-corrected chi connectivity index (χ3v) is 5.97. The lowest BCUT2D eigenvalue weighted by Crippen LogP contribution is -2.36. The van der Waals surface area contributed by atoms with Crippen LogP contribution in [0.15, 0.2) is 30.3 Å². The van der Waals surface area contributed by atoms with Crippen LogP contribution in [0.5, 0.6) is 0 Å². The number of nitriles is 1. The first-order chi connectivity index (χ1) is 13.9. The Labute approximate surface area is 173 Å². The Hall–Kier alpha value is -3.18. The quantitative estimate of drug-likeness (QED) is 0.820. The van der Waals surface area contributed by atoms with Crippen LogP contribution >= 0.6 is 11.3 Å². The van der Waals surface area contributed by atoms with E-state index < -0.39 is 0 Å². The van der Waals surface area contributed by atoms with E-state index in [0.29, 0.717) is 35.6 Å². The molecule has 3 rings (SSSR count). The molecule has 7 nitrogen and oxygen atoms in total. The zero-order chi connectivity index (χ0) is 21.0. The number of carbonyl (C=O) groups excluding carboxylic acids is 3. The molecule has 1 aromatic heterocycles. The molecule has 0 saturated carbocycles. The molecule has 150 valence electrons. The first kappa shape index (κ1) is 20.6. The second kappa shape index (κ2) is 8.88. The van der Waals surface area contributed by atoms with Gasteiger partial charge in [0.25, 0.3) is 5.91 Å². The van der Waals surface area contributed by atoms with Crippen molar-refractivity contribution in [2.24, 2.45) is 0 Å². The van der Waals surface area contributed by atoms with Gasteiger partial charge in [0.2, 0.25) is 11.8 Å². The molecule has 1 N–H and O–H groups in total. The fourth-order valence-electron chi connectivity index (χ4n) is 3.18. The second-order valence-corrected chi connectivity index (χ2v) is 8.10. The SMILES string of the molecule is CN(C)C(=O)CCC(=O)N1CCc2c(sc(NC(=O)c3ccccc3)c2C#N)C1.